The van der Waals surface area contributed by atoms with Gasteiger partial charge in [-0.15, -0.1) is 11.3 Å². The number of nitrogens with one attached hydrogen (secondary N) is 2. The van der Waals surface area contributed by atoms with Crippen LogP contribution in [0.2, 0.25) is 0 Å². The van der Waals surface area contributed by atoms with Crippen LogP contribution in [0.15, 0.2) is 63.5 Å². The number of rotatable bonds is 5. The lowest BCUT2D eigenvalue weighted by Gasteiger charge is -2.28. The molecule has 0 bridgehead atoms. The highest BCUT2D eigenvalue weighted by molar-refractivity contribution is 9.11. The lowest BCUT2D eigenvalue weighted by molar-refractivity contribution is -0.384. The molecule has 1 amide bonds. The molecule has 5 rings (SSSR count). The SMILES string of the molecule is O=C(NC(=S)Nc1c(Br)cc(Br)cc1-c1nc2ccccc2s1)c1ccc(N2CCOCC2)c([N+](=O)[O-])c1. The van der Waals surface area contributed by atoms with Gasteiger partial charge in [-0.2, -0.15) is 0 Å². The Hall–Kier alpha value is -2.97. The molecule has 2 heterocycles. The summed E-state index contributed by atoms with van der Waals surface area (Å²) in [5.41, 5.74) is 2.73. The van der Waals surface area contributed by atoms with E-state index < -0.39 is 10.8 Å². The summed E-state index contributed by atoms with van der Waals surface area (Å²) < 4.78 is 7.93. The molecule has 0 aliphatic carbocycles. The van der Waals surface area contributed by atoms with Gasteiger partial charge in [-0.25, -0.2) is 4.98 Å². The molecule has 1 saturated heterocycles. The minimum Gasteiger partial charge on any atom is -0.378 e. The van der Waals surface area contributed by atoms with Crippen LogP contribution < -0.4 is 15.5 Å². The molecule has 13 heteroatoms. The van der Waals surface area contributed by atoms with Crippen LogP contribution in [0.4, 0.5) is 17.1 Å². The summed E-state index contributed by atoms with van der Waals surface area (Å²) in [6.07, 6.45) is 0. The number of fused-ring (bicyclic) bond motifs is 1. The molecule has 9 nitrogen and oxygen atoms in total. The van der Waals surface area contributed by atoms with Crippen molar-refractivity contribution in [1.29, 1.82) is 0 Å². The summed E-state index contributed by atoms with van der Waals surface area (Å²) in [5, 5.41) is 18.3. The Kier molecular flexibility index (Phi) is 8.00. The third-order valence-corrected chi connectivity index (χ3v) is 8.19. The molecule has 3 aromatic carbocycles. The highest BCUT2D eigenvalue weighted by atomic mass is 79.9. The number of anilines is 2. The molecular formula is C25H19Br2N5O4S2. The second kappa shape index (κ2) is 11.4. The Morgan fingerprint density at radius 2 is 1.89 bits per heavy atom. The van der Waals surface area contributed by atoms with Gasteiger partial charge < -0.3 is 15.0 Å². The van der Waals surface area contributed by atoms with Crippen molar-refractivity contribution in [3.05, 3.63) is 79.2 Å². The van der Waals surface area contributed by atoms with Crippen LogP contribution in [0.5, 0.6) is 0 Å². The maximum absolute atomic E-state index is 13.0. The number of nitrogens with zero attached hydrogens (tertiary/aromatic N) is 3. The van der Waals surface area contributed by atoms with Crippen molar-refractivity contribution in [2.75, 3.05) is 36.5 Å². The highest BCUT2D eigenvalue weighted by Gasteiger charge is 2.24. The fourth-order valence-electron chi connectivity index (χ4n) is 4.06. The number of carbonyl (C=O) groups excluding carboxylic acids is 1. The number of hydrogen-bond acceptors (Lipinski definition) is 8. The zero-order chi connectivity index (χ0) is 26.8. The van der Waals surface area contributed by atoms with Gasteiger partial charge in [-0.3, -0.25) is 20.2 Å². The minimum absolute atomic E-state index is 0.0419. The first-order chi connectivity index (χ1) is 18.3. The molecule has 4 aromatic rings. The van der Waals surface area contributed by atoms with E-state index in [4.69, 9.17) is 21.9 Å². The number of halogens is 2. The lowest BCUT2D eigenvalue weighted by atomic mass is 10.1. The molecule has 1 fully saturated rings. The van der Waals surface area contributed by atoms with Crippen molar-refractivity contribution < 1.29 is 14.5 Å². The summed E-state index contributed by atoms with van der Waals surface area (Å²) in [4.78, 5) is 30.9. The third-order valence-electron chi connectivity index (χ3n) is 5.83. The second-order valence-corrected chi connectivity index (χ2v) is 11.5. The predicted molar refractivity (Wildman–Crippen MR) is 160 cm³/mol. The number of amides is 1. The Balaban J connectivity index is 1.38. The van der Waals surface area contributed by atoms with Crippen molar-refractivity contribution in [3.63, 3.8) is 0 Å². The molecule has 194 valence electrons. The summed E-state index contributed by atoms with van der Waals surface area (Å²) in [7, 11) is 0. The zero-order valence-electron chi connectivity index (χ0n) is 19.6. The van der Waals surface area contributed by atoms with E-state index in [1.54, 1.807) is 12.1 Å². The number of thiocarbonyl (C=S) groups is 1. The molecule has 2 N–H and O–H groups in total. The Morgan fingerprint density at radius 3 is 2.63 bits per heavy atom. The van der Waals surface area contributed by atoms with E-state index in [1.807, 2.05) is 41.3 Å². The highest BCUT2D eigenvalue weighted by Crippen LogP contribution is 2.40. The number of morpholine rings is 1. The van der Waals surface area contributed by atoms with Gasteiger partial charge >= 0.3 is 0 Å². The Labute approximate surface area is 243 Å². The van der Waals surface area contributed by atoms with Gasteiger partial charge in [0.1, 0.15) is 10.7 Å². The molecule has 1 aromatic heterocycles. The van der Waals surface area contributed by atoms with Crippen molar-refractivity contribution in [2.45, 2.75) is 0 Å². The van der Waals surface area contributed by atoms with Crippen LogP contribution in [0.25, 0.3) is 20.8 Å². The van der Waals surface area contributed by atoms with Crippen molar-refractivity contribution >= 4 is 93.7 Å². The monoisotopic (exact) mass is 675 g/mol. The maximum atomic E-state index is 13.0. The van der Waals surface area contributed by atoms with Gasteiger partial charge in [0.15, 0.2) is 5.11 Å². The third kappa shape index (κ3) is 5.71. The van der Waals surface area contributed by atoms with Gasteiger partial charge in [0.25, 0.3) is 11.6 Å². The van der Waals surface area contributed by atoms with Gasteiger partial charge in [0.2, 0.25) is 0 Å². The normalized spacial score (nSPS) is 13.4. The standard InChI is InChI=1S/C25H19Br2N5O4S2/c26-15-12-16(24-28-18-3-1-2-4-21(18)38-24)22(17(27)13-15)29-25(37)30-23(33)14-5-6-19(20(11-14)32(34)35)31-7-9-36-10-8-31/h1-6,11-13H,7-10H2,(H2,29,30,33,37). The lowest BCUT2D eigenvalue weighted by Crippen LogP contribution is -2.37. The van der Waals surface area contributed by atoms with E-state index in [-0.39, 0.29) is 16.4 Å². The smallest absolute Gasteiger partial charge is 0.293 e. The van der Waals surface area contributed by atoms with Gasteiger partial charge in [0, 0.05) is 39.2 Å². The quantitative estimate of drug-likeness (QED) is 0.143. The van der Waals surface area contributed by atoms with Crippen LogP contribution in [-0.4, -0.2) is 47.2 Å². The molecule has 1 aliphatic heterocycles. The first-order valence-electron chi connectivity index (χ1n) is 11.4. The number of para-hydroxylation sites is 1. The number of carbonyl (C=O) groups is 1. The van der Waals surface area contributed by atoms with Crippen LogP contribution in [-0.2, 0) is 4.74 Å². The Bertz CT molecular complexity index is 1540. The first-order valence-corrected chi connectivity index (χ1v) is 14.2. The van der Waals surface area contributed by atoms with E-state index in [1.165, 1.54) is 17.4 Å². The number of hydrogen-bond donors (Lipinski definition) is 2. The van der Waals surface area contributed by atoms with Crippen LogP contribution >= 0.6 is 55.4 Å². The minimum atomic E-state index is -0.561. The fourth-order valence-corrected chi connectivity index (χ4v) is 6.57. The average Bonchev–Trinajstić information content (AvgIpc) is 3.34. The van der Waals surface area contributed by atoms with Crippen LogP contribution in [0.1, 0.15) is 10.4 Å². The van der Waals surface area contributed by atoms with Crippen molar-refractivity contribution in [3.8, 4) is 10.6 Å². The molecule has 0 atom stereocenters. The average molecular weight is 677 g/mol. The number of benzene rings is 3. The Morgan fingerprint density at radius 1 is 1.13 bits per heavy atom. The summed E-state index contributed by atoms with van der Waals surface area (Å²) >= 11 is 14.1. The molecule has 0 radical (unpaired) electrons. The van der Waals surface area contributed by atoms with Crippen molar-refractivity contribution in [1.82, 2.24) is 10.3 Å². The fraction of sp³-hybridized carbons (Fsp3) is 0.160. The zero-order valence-corrected chi connectivity index (χ0v) is 24.4. The summed E-state index contributed by atoms with van der Waals surface area (Å²) in [5.74, 6) is -0.561. The van der Waals surface area contributed by atoms with Crippen LogP contribution in [0, 0.1) is 10.1 Å². The predicted octanol–water partition coefficient (Wildman–Crippen LogP) is 6.36. The first kappa shape index (κ1) is 26.6. The maximum Gasteiger partial charge on any atom is 0.293 e. The molecule has 38 heavy (non-hydrogen) atoms. The number of thiazole rings is 1. The van der Waals surface area contributed by atoms with E-state index in [9.17, 15) is 14.9 Å². The van der Waals surface area contributed by atoms with Gasteiger partial charge in [-0.1, -0.05) is 28.1 Å². The molecule has 0 saturated carbocycles. The molecular weight excluding hydrogens is 658 g/mol. The topological polar surface area (TPSA) is 110 Å². The number of ether oxygens (including phenoxy) is 1. The van der Waals surface area contributed by atoms with Crippen molar-refractivity contribution in [2.24, 2.45) is 0 Å². The van der Waals surface area contributed by atoms with Crippen LogP contribution in [0.3, 0.4) is 0 Å². The molecule has 0 spiro atoms. The number of nitro benzene ring substituents is 1. The number of nitro groups is 1. The largest absolute Gasteiger partial charge is 0.378 e. The van der Waals surface area contributed by atoms with E-state index in [0.717, 1.165) is 25.3 Å². The van der Waals surface area contributed by atoms with E-state index in [0.29, 0.717) is 42.2 Å². The van der Waals surface area contributed by atoms with Gasteiger partial charge in [-0.05, 0) is 64.5 Å². The summed E-state index contributed by atoms with van der Waals surface area (Å²) in [6.45, 7) is 2.06. The van der Waals surface area contributed by atoms with E-state index >= 15 is 0 Å². The van der Waals surface area contributed by atoms with Gasteiger partial charge in [0.05, 0.1) is 34.0 Å². The number of aromatic nitrogens is 1. The molecule has 0 unspecified atom stereocenters. The van der Waals surface area contributed by atoms with E-state index in [2.05, 4.69) is 42.5 Å². The summed E-state index contributed by atoms with van der Waals surface area (Å²) in [6, 6.07) is 16.0. The molecule has 1 aliphatic rings. The second-order valence-electron chi connectivity index (χ2n) is 8.27.